The van der Waals surface area contributed by atoms with Crippen molar-refractivity contribution in [2.75, 3.05) is 18.1 Å². The van der Waals surface area contributed by atoms with Gasteiger partial charge in [0, 0.05) is 17.6 Å². The van der Waals surface area contributed by atoms with E-state index < -0.39 is 17.6 Å². The highest BCUT2D eigenvalue weighted by Gasteiger charge is 2.31. The Kier molecular flexibility index (Phi) is 5.33. The summed E-state index contributed by atoms with van der Waals surface area (Å²) >= 11 is 0. The molecule has 0 radical (unpaired) electrons. The molecule has 2 aromatic carbocycles. The van der Waals surface area contributed by atoms with E-state index in [1.54, 1.807) is 29.2 Å². The molecular weight excluding hydrogens is 386 g/mol. The molecule has 0 saturated heterocycles. The van der Waals surface area contributed by atoms with Crippen LogP contribution in [0.2, 0.25) is 0 Å². The van der Waals surface area contributed by atoms with Crippen molar-refractivity contribution in [2.24, 2.45) is 0 Å². The first-order valence-electron chi connectivity index (χ1n) is 9.72. The number of benzene rings is 2. The number of fused-ring (bicyclic) bond motifs is 2. The van der Waals surface area contributed by atoms with Crippen LogP contribution in [0.1, 0.15) is 23.0 Å². The van der Waals surface area contributed by atoms with Crippen LogP contribution in [-0.4, -0.2) is 46.0 Å². The molecule has 1 amide bonds. The molecule has 1 atom stereocenters. The molecule has 0 fully saturated rings. The van der Waals surface area contributed by atoms with E-state index in [0.29, 0.717) is 17.3 Å². The van der Waals surface area contributed by atoms with Gasteiger partial charge in [-0.25, -0.2) is 9.48 Å². The molecule has 0 aliphatic carbocycles. The number of aliphatic hydroxyl groups excluding tert-OH is 1. The number of carbonyl (C=O) groups is 2. The average Bonchev–Trinajstić information content (AvgIpc) is 3.19. The van der Waals surface area contributed by atoms with Gasteiger partial charge in [0.1, 0.15) is 0 Å². The van der Waals surface area contributed by atoms with E-state index in [9.17, 15) is 19.5 Å². The minimum Gasteiger partial charge on any atom is -0.448 e. The van der Waals surface area contributed by atoms with Gasteiger partial charge in [0.25, 0.3) is 11.5 Å². The second kappa shape index (κ2) is 8.08. The van der Waals surface area contributed by atoms with Crippen molar-refractivity contribution < 1.29 is 19.4 Å². The van der Waals surface area contributed by atoms with Crippen LogP contribution in [0.3, 0.4) is 0 Å². The van der Waals surface area contributed by atoms with Crippen molar-refractivity contribution >= 4 is 28.3 Å². The largest absolute Gasteiger partial charge is 0.448 e. The van der Waals surface area contributed by atoms with E-state index in [-0.39, 0.29) is 24.8 Å². The van der Waals surface area contributed by atoms with E-state index in [1.165, 1.54) is 6.92 Å². The van der Waals surface area contributed by atoms with Crippen LogP contribution >= 0.6 is 0 Å². The summed E-state index contributed by atoms with van der Waals surface area (Å²) in [5.74, 6) is -1.12. The number of anilines is 1. The third kappa shape index (κ3) is 3.46. The van der Waals surface area contributed by atoms with Crippen LogP contribution in [0.15, 0.2) is 53.3 Å². The van der Waals surface area contributed by atoms with Gasteiger partial charge in [-0.3, -0.25) is 9.59 Å². The SMILES string of the molecule is C[C@@H](OC(=O)c1nn(CCO)c(=O)c2ccccc12)C(=O)N1CCc2ccccc21. The summed E-state index contributed by atoms with van der Waals surface area (Å²) in [6.45, 7) is 1.70. The van der Waals surface area contributed by atoms with Crippen LogP contribution in [-0.2, 0) is 22.5 Å². The lowest BCUT2D eigenvalue weighted by Crippen LogP contribution is -2.39. The molecule has 154 valence electrons. The Hall–Kier alpha value is -3.52. The van der Waals surface area contributed by atoms with Gasteiger partial charge in [-0.15, -0.1) is 0 Å². The zero-order valence-corrected chi connectivity index (χ0v) is 16.4. The number of para-hydroxylation sites is 1. The van der Waals surface area contributed by atoms with E-state index in [4.69, 9.17) is 4.74 Å². The number of esters is 1. The van der Waals surface area contributed by atoms with Crippen molar-refractivity contribution in [3.63, 3.8) is 0 Å². The quantitative estimate of drug-likeness (QED) is 0.644. The monoisotopic (exact) mass is 407 g/mol. The molecule has 4 rings (SSSR count). The van der Waals surface area contributed by atoms with Gasteiger partial charge in [0.05, 0.1) is 18.5 Å². The summed E-state index contributed by atoms with van der Waals surface area (Å²) in [6.07, 6.45) is -0.275. The summed E-state index contributed by atoms with van der Waals surface area (Å²) < 4.78 is 6.47. The standard InChI is InChI=1S/C22H21N3O5/c1-14(20(27)24-11-10-15-6-2-5-9-18(15)24)30-22(29)19-16-7-3-4-8-17(16)21(28)25(23-19)12-13-26/h2-9,14,26H,10-13H2,1H3/t14-/m1/s1. The molecule has 2 heterocycles. The van der Waals surface area contributed by atoms with Crippen LogP contribution < -0.4 is 10.5 Å². The van der Waals surface area contributed by atoms with Gasteiger partial charge in [-0.05, 0) is 31.0 Å². The number of hydrogen-bond donors (Lipinski definition) is 1. The second-order valence-electron chi connectivity index (χ2n) is 7.06. The van der Waals surface area contributed by atoms with Crippen LogP contribution in [0.5, 0.6) is 0 Å². The van der Waals surface area contributed by atoms with Crippen LogP contribution in [0, 0.1) is 0 Å². The van der Waals surface area contributed by atoms with Crippen LogP contribution in [0.4, 0.5) is 5.69 Å². The van der Waals surface area contributed by atoms with Gasteiger partial charge >= 0.3 is 5.97 Å². The Labute approximate surface area is 172 Å². The molecular formula is C22H21N3O5. The summed E-state index contributed by atoms with van der Waals surface area (Å²) in [5, 5.41) is 13.9. The molecule has 1 aliphatic heterocycles. The number of amides is 1. The predicted octanol–water partition coefficient (Wildman–Crippen LogP) is 1.52. The number of ether oxygens (including phenoxy) is 1. The van der Waals surface area contributed by atoms with Gasteiger partial charge in [0.2, 0.25) is 0 Å². The number of rotatable bonds is 5. The van der Waals surface area contributed by atoms with Crippen molar-refractivity contribution in [3.8, 4) is 0 Å². The average molecular weight is 407 g/mol. The maximum absolute atomic E-state index is 12.9. The van der Waals surface area contributed by atoms with E-state index in [2.05, 4.69) is 5.10 Å². The fourth-order valence-electron chi connectivity index (χ4n) is 3.69. The van der Waals surface area contributed by atoms with Crippen LogP contribution in [0.25, 0.3) is 10.8 Å². The first-order valence-corrected chi connectivity index (χ1v) is 9.72. The molecule has 0 unspecified atom stereocenters. The number of aliphatic hydroxyl groups is 1. The Morgan fingerprint density at radius 3 is 2.60 bits per heavy atom. The topological polar surface area (TPSA) is 102 Å². The van der Waals surface area contributed by atoms with Crippen molar-refractivity contribution in [1.29, 1.82) is 0 Å². The lowest BCUT2D eigenvalue weighted by molar-refractivity contribution is -0.126. The maximum Gasteiger partial charge on any atom is 0.360 e. The summed E-state index contributed by atoms with van der Waals surface area (Å²) in [6, 6.07) is 14.2. The number of carbonyl (C=O) groups excluding carboxylic acids is 2. The highest BCUT2D eigenvalue weighted by Crippen LogP contribution is 2.28. The normalized spacial score (nSPS) is 13.9. The fraction of sp³-hybridized carbons (Fsp3) is 0.273. The summed E-state index contributed by atoms with van der Waals surface area (Å²) in [7, 11) is 0. The van der Waals surface area contributed by atoms with E-state index in [0.717, 1.165) is 22.4 Å². The molecule has 8 nitrogen and oxygen atoms in total. The van der Waals surface area contributed by atoms with Crippen molar-refractivity contribution in [2.45, 2.75) is 26.0 Å². The third-order valence-electron chi connectivity index (χ3n) is 5.16. The molecule has 3 aromatic rings. The minimum atomic E-state index is -1.03. The Morgan fingerprint density at radius 1 is 1.13 bits per heavy atom. The summed E-state index contributed by atoms with van der Waals surface area (Å²) in [4.78, 5) is 39.9. The fourth-order valence-corrected chi connectivity index (χ4v) is 3.69. The molecule has 0 spiro atoms. The first-order chi connectivity index (χ1) is 14.5. The first kappa shape index (κ1) is 19.8. The maximum atomic E-state index is 12.9. The van der Waals surface area contributed by atoms with Gasteiger partial charge < -0.3 is 14.7 Å². The van der Waals surface area contributed by atoms with E-state index >= 15 is 0 Å². The van der Waals surface area contributed by atoms with Gasteiger partial charge in [-0.2, -0.15) is 5.10 Å². The molecule has 1 N–H and O–H groups in total. The zero-order valence-electron chi connectivity index (χ0n) is 16.4. The Balaban J connectivity index is 1.61. The Bertz CT molecular complexity index is 1190. The van der Waals surface area contributed by atoms with E-state index in [1.807, 2.05) is 24.3 Å². The highest BCUT2D eigenvalue weighted by molar-refractivity contribution is 6.04. The molecule has 8 heteroatoms. The predicted molar refractivity (Wildman–Crippen MR) is 110 cm³/mol. The number of nitrogens with zero attached hydrogens (tertiary/aromatic N) is 3. The number of aromatic nitrogens is 2. The Morgan fingerprint density at radius 2 is 1.83 bits per heavy atom. The molecule has 30 heavy (non-hydrogen) atoms. The van der Waals surface area contributed by atoms with Crippen molar-refractivity contribution in [3.05, 3.63) is 70.1 Å². The molecule has 0 saturated carbocycles. The summed E-state index contributed by atoms with van der Waals surface area (Å²) in [5.41, 5.74) is 1.42. The molecule has 1 aliphatic rings. The van der Waals surface area contributed by atoms with Gasteiger partial charge in [-0.1, -0.05) is 36.4 Å². The minimum absolute atomic E-state index is 0.0526. The zero-order chi connectivity index (χ0) is 21.3. The highest BCUT2D eigenvalue weighted by atomic mass is 16.5. The molecule has 1 aromatic heterocycles. The lowest BCUT2D eigenvalue weighted by atomic mass is 10.1. The number of hydrogen-bond acceptors (Lipinski definition) is 6. The lowest BCUT2D eigenvalue weighted by Gasteiger charge is -2.21. The third-order valence-corrected chi connectivity index (χ3v) is 5.16. The van der Waals surface area contributed by atoms with Gasteiger partial charge in [0.15, 0.2) is 11.8 Å². The smallest absolute Gasteiger partial charge is 0.360 e. The molecule has 0 bridgehead atoms. The second-order valence-corrected chi connectivity index (χ2v) is 7.06. The van der Waals surface area contributed by atoms with Crippen molar-refractivity contribution in [1.82, 2.24) is 9.78 Å².